The maximum Gasteiger partial charge on any atom is 0.326 e. The average molecular weight is 424 g/mol. The second kappa shape index (κ2) is 9.48. The molecule has 0 radical (unpaired) electrons. The molecule has 1 atom stereocenters. The van der Waals surface area contributed by atoms with Gasteiger partial charge in [-0.3, -0.25) is 14.6 Å². The van der Waals surface area contributed by atoms with Gasteiger partial charge in [0.05, 0.1) is 24.0 Å². The van der Waals surface area contributed by atoms with Crippen LogP contribution in [0.2, 0.25) is 0 Å². The number of hydrogen-bond donors (Lipinski definition) is 5. The van der Waals surface area contributed by atoms with E-state index in [1.54, 1.807) is 12.1 Å². The summed E-state index contributed by atoms with van der Waals surface area (Å²) < 4.78 is 0. The van der Waals surface area contributed by atoms with Gasteiger partial charge in [-0.15, -0.1) is 0 Å². The monoisotopic (exact) mass is 424 g/mol. The van der Waals surface area contributed by atoms with Gasteiger partial charge in [0.15, 0.2) is 5.52 Å². The molecule has 0 aliphatic heterocycles. The van der Waals surface area contributed by atoms with E-state index >= 15 is 0 Å². The zero-order valence-corrected chi connectivity index (χ0v) is 16.3. The molecule has 2 aromatic heterocycles. The lowest BCUT2D eigenvalue weighted by atomic mass is 10.1. The minimum atomic E-state index is -1.20. The third-order valence-electron chi connectivity index (χ3n) is 4.41. The highest BCUT2D eigenvalue weighted by molar-refractivity contribution is 5.96. The Morgan fingerprint density at radius 1 is 1.26 bits per heavy atom. The Labute approximate surface area is 175 Å². The number of aldehydes is 1. The van der Waals surface area contributed by atoms with Gasteiger partial charge in [-0.25, -0.2) is 9.78 Å². The van der Waals surface area contributed by atoms with Crippen molar-refractivity contribution in [1.82, 2.24) is 20.3 Å². The molecule has 160 valence electrons. The molecule has 11 heteroatoms. The Morgan fingerprint density at radius 3 is 2.68 bits per heavy atom. The molecule has 0 unspecified atom stereocenters. The molecule has 11 nitrogen and oxygen atoms in total. The standard InChI is InChI=1S/C20H20N6O5/c21-16-8-15-17(19(29)26-16)24-13(10-23-15)9-22-12-5-3-11(4-6-12)18(28)25-14(20(30)31)2-1-7-27/h3-8,10,14,22H,1-2,9H2,(H,25,28)(H,30,31)(H3,21,26,29)/t14-/m0/s1. The zero-order valence-electron chi connectivity index (χ0n) is 16.3. The van der Waals surface area contributed by atoms with Crippen molar-refractivity contribution in [1.29, 1.82) is 0 Å². The van der Waals surface area contributed by atoms with Crippen LogP contribution in [-0.2, 0) is 16.1 Å². The van der Waals surface area contributed by atoms with E-state index in [4.69, 9.17) is 10.8 Å². The normalized spacial score (nSPS) is 11.6. The molecule has 3 aromatic rings. The summed E-state index contributed by atoms with van der Waals surface area (Å²) in [5, 5.41) is 14.6. The van der Waals surface area contributed by atoms with Crippen LogP contribution in [0.25, 0.3) is 11.0 Å². The minimum Gasteiger partial charge on any atom is -0.480 e. The summed E-state index contributed by atoms with van der Waals surface area (Å²) in [6, 6.07) is 6.76. The van der Waals surface area contributed by atoms with Crippen molar-refractivity contribution < 1.29 is 19.5 Å². The number of fused-ring (bicyclic) bond motifs is 1. The quantitative estimate of drug-likeness (QED) is 0.308. The number of aliphatic carboxylic acids is 1. The fraction of sp³-hybridized carbons (Fsp3) is 0.200. The molecule has 6 N–H and O–H groups in total. The molecular weight excluding hydrogens is 404 g/mol. The largest absolute Gasteiger partial charge is 0.480 e. The molecule has 0 bridgehead atoms. The molecule has 1 amide bonds. The first-order valence-corrected chi connectivity index (χ1v) is 9.33. The molecule has 0 saturated heterocycles. The van der Waals surface area contributed by atoms with Gasteiger partial charge in [-0.05, 0) is 30.7 Å². The Bertz CT molecular complexity index is 1170. The van der Waals surface area contributed by atoms with Crippen LogP contribution in [0.1, 0.15) is 28.9 Å². The summed E-state index contributed by atoms with van der Waals surface area (Å²) in [4.78, 5) is 56.8. The highest BCUT2D eigenvalue weighted by atomic mass is 16.4. The van der Waals surface area contributed by atoms with Crippen LogP contribution in [0.15, 0.2) is 41.3 Å². The summed E-state index contributed by atoms with van der Waals surface area (Å²) in [7, 11) is 0. The number of nitrogen functional groups attached to an aromatic ring is 1. The van der Waals surface area contributed by atoms with Crippen LogP contribution in [0, 0.1) is 0 Å². The number of anilines is 2. The van der Waals surface area contributed by atoms with Gasteiger partial charge in [0.2, 0.25) is 0 Å². The topological polar surface area (TPSA) is 180 Å². The second-order valence-corrected chi connectivity index (χ2v) is 6.69. The molecule has 0 spiro atoms. The maximum absolute atomic E-state index is 12.3. The predicted molar refractivity (Wildman–Crippen MR) is 113 cm³/mol. The summed E-state index contributed by atoms with van der Waals surface area (Å²) in [6.45, 7) is 0.283. The molecule has 0 aliphatic rings. The second-order valence-electron chi connectivity index (χ2n) is 6.69. The fourth-order valence-corrected chi connectivity index (χ4v) is 2.83. The number of nitrogens with two attached hydrogens (primary N) is 1. The van der Waals surface area contributed by atoms with E-state index in [0.29, 0.717) is 23.2 Å². The van der Waals surface area contributed by atoms with Crippen LogP contribution >= 0.6 is 0 Å². The molecule has 31 heavy (non-hydrogen) atoms. The van der Waals surface area contributed by atoms with Crippen molar-refractivity contribution in [2.24, 2.45) is 0 Å². The lowest BCUT2D eigenvalue weighted by molar-refractivity contribution is -0.139. The molecule has 0 fully saturated rings. The third-order valence-corrected chi connectivity index (χ3v) is 4.41. The van der Waals surface area contributed by atoms with Crippen molar-refractivity contribution in [3.05, 3.63) is 58.1 Å². The van der Waals surface area contributed by atoms with E-state index in [1.807, 2.05) is 0 Å². The first-order valence-electron chi connectivity index (χ1n) is 9.33. The number of H-pyrrole nitrogens is 1. The Morgan fingerprint density at radius 2 is 2.00 bits per heavy atom. The van der Waals surface area contributed by atoms with Crippen LogP contribution in [0.4, 0.5) is 11.5 Å². The number of rotatable bonds is 9. The minimum absolute atomic E-state index is 0.0203. The van der Waals surface area contributed by atoms with Crippen molar-refractivity contribution in [2.75, 3.05) is 11.1 Å². The number of carbonyl (C=O) groups is 3. The number of nitrogens with one attached hydrogen (secondary N) is 3. The Balaban J connectivity index is 1.63. The average Bonchev–Trinajstić information content (AvgIpc) is 2.75. The number of benzene rings is 1. The first kappa shape index (κ1) is 21.4. The fourth-order valence-electron chi connectivity index (χ4n) is 2.83. The van der Waals surface area contributed by atoms with Crippen molar-refractivity contribution in [3.63, 3.8) is 0 Å². The van der Waals surface area contributed by atoms with Gasteiger partial charge in [-0.1, -0.05) is 0 Å². The first-order chi connectivity index (χ1) is 14.9. The van der Waals surface area contributed by atoms with E-state index in [2.05, 4.69) is 25.6 Å². The number of carboxylic acids is 1. The lowest BCUT2D eigenvalue weighted by Gasteiger charge is -2.13. The number of aromatic nitrogens is 3. The number of amides is 1. The van der Waals surface area contributed by atoms with Gasteiger partial charge in [0.1, 0.15) is 18.1 Å². The highest BCUT2D eigenvalue weighted by Gasteiger charge is 2.20. The zero-order chi connectivity index (χ0) is 22.4. The van der Waals surface area contributed by atoms with Gasteiger partial charge in [-0.2, -0.15) is 0 Å². The smallest absolute Gasteiger partial charge is 0.326 e. The number of pyridine rings is 1. The number of carbonyl (C=O) groups excluding carboxylic acids is 2. The number of carboxylic acid groups (broad SMARTS) is 1. The molecule has 0 aliphatic carbocycles. The Kier molecular flexibility index (Phi) is 6.55. The SMILES string of the molecule is Nc1cc2ncc(CNc3ccc(C(=O)N[C@@H](CCC=O)C(=O)O)cc3)nc2c(=O)[nH]1. The van der Waals surface area contributed by atoms with Crippen molar-refractivity contribution in [3.8, 4) is 0 Å². The van der Waals surface area contributed by atoms with E-state index in [9.17, 15) is 19.2 Å². The Hall–Kier alpha value is -4.28. The summed E-state index contributed by atoms with van der Waals surface area (Å²) in [5.74, 6) is -1.55. The van der Waals surface area contributed by atoms with E-state index < -0.39 is 23.5 Å². The third kappa shape index (κ3) is 5.41. The van der Waals surface area contributed by atoms with E-state index in [-0.39, 0.29) is 36.3 Å². The number of aromatic amines is 1. The summed E-state index contributed by atoms with van der Waals surface area (Å²) in [5.41, 5.74) is 7.23. The molecule has 1 aromatic carbocycles. The molecular formula is C20H20N6O5. The maximum atomic E-state index is 12.3. The predicted octanol–water partition coefficient (Wildman–Crippen LogP) is 0.674. The number of nitrogens with zero attached hydrogens (tertiary/aromatic N) is 2. The summed E-state index contributed by atoms with van der Waals surface area (Å²) in [6.07, 6.45) is 2.19. The molecule has 0 saturated carbocycles. The van der Waals surface area contributed by atoms with Crippen LogP contribution in [-0.4, -0.2) is 44.3 Å². The van der Waals surface area contributed by atoms with Gasteiger partial charge >= 0.3 is 5.97 Å². The van der Waals surface area contributed by atoms with Gasteiger partial charge in [0.25, 0.3) is 11.5 Å². The molecule has 3 rings (SSSR count). The highest BCUT2D eigenvalue weighted by Crippen LogP contribution is 2.13. The summed E-state index contributed by atoms with van der Waals surface area (Å²) >= 11 is 0. The van der Waals surface area contributed by atoms with Crippen LogP contribution in [0.5, 0.6) is 0 Å². The van der Waals surface area contributed by atoms with E-state index in [1.165, 1.54) is 24.4 Å². The van der Waals surface area contributed by atoms with Crippen molar-refractivity contribution in [2.45, 2.75) is 25.4 Å². The van der Waals surface area contributed by atoms with Gasteiger partial charge in [0, 0.05) is 23.7 Å². The molecule has 2 heterocycles. The van der Waals surface area contributed by atoms with Crippen LogP contribution in [0.3, 0.4) is 0 Å². The van der Waals surface area contributed by atoms with Gasteiger partial charge < -0.3 is 31.3 Å². The van der Waals surface area contributed by atoms with E-state index in [0.717, 1.165) is 0 Å². The number of hydrogen-bond acceptors (Lipinski definition) is 8. The lowest BCUT2D eigenvalue weighted by Crippen LogP contribution is -2.40. The van der Waals surface area contributed by atoms with Crippen LogP contribution < -0.4 is 21.9 Å². The van der Waals surface area contributed by atoms with Crippen molar-refractivity contribution >= 4 is 40.7 Å².